The Hall–Kier alpha value is -2.49. The maximum atomic E-state index is 12.4. The summed E-state index contributed by atoms with van der Waals surface area (Å²) in [5, 5.41) is 2.98. The Bertz CT molecular complexity index is 727. The minimum absolute atomic E-state index is 0.0589. The van der Waals surface area contributed by atoms with Crippen LogP contribution < -0.4 is 14.8 Å². The first kappa shape index (κ1) is 19.8. The number of ether oxygens (including phenoxy) is 2. The zero-order valence-corrected chi connectivity index (χ0v) is 16.2. The predicted octanol–water partition coefficient (Wildman–Crippen LogP) is 4.22. The Kier molecular flexibility index (Phi) is 7.52. The van der Waals surface area contributed by atoms with Gasteiger partial charge in [0.05, 0.1) is 7.11 Å². The minimum atomic E-state index is -0.464. The van der Waals surface area contributed by atoms with Crippen LogP contribution in [0.4, 0.5) is 0 Å². The fraction of sp³-hybridized carbons (Fsp3) is 0.409. The van der Waals surface area contributed by atoms with Gasteiger partial charge in [-0.25, -0.2) is 0 Å². The highest BCUT2D eigenvalue weighted by molar-refractivity contribution is 5.81. The number of hydrogen-bond acceptors (Lipinski definition) is 3. The normalized spacial score (nSPS) is 11.7. The second-order valence-corrected chi connectivity index (χ2v) is 6.51. The van der Waals surface area contributed by atoms with E-state index in [9.17, 15) is 4.79 Å². The molecule has 0 aliphatic carbocycles. The van der Waals surface area contributed by atoms with Crippen molar-refractivity contribution in [2.24, 2.45) is 0 Å². The van der Waals surface area contributed by atoms with Crippen LogP contribution in [0.3, 0.4) is 0 Å². The lowest BCUT2D eigenvalue weighted by Gasteiger charge is -2.18. The Morgan fingerprint density at radius 1 is 1.08 bits per heavy atom. The zero-order chi connectivity index (χ0) is 18.9. The molecule has 2 rings (SSSR count). The third-order valence-electron chi connectivity index (χ3n) is 4.50. The molecule has 0 saturated carbocycles. The Balaban J connectivity index is 1.80. The van der Waals surface area contributed by atoms with Crippen LogP contribution in [-0.4, -0.2) is 25.7 Å². The van der Waals surface area contributed by atoms with Crippen LogP contribution in [-0.2, 0) is 11.2 Å². The molecule has 0 spiro atoms. The third-order valence-corrected chi connectivity index (χ3v) is 4.50. The van der Waals surface area contributed by atoms with E-state index in [2.05, 4.69) is 18.3 Å². The molecule has 4 heteroatoms. The Labute approximate surface area is 156 Å². The first-order valence-corrected chi connectivity index (χ1v) is 9.18. The highest BCUT2D eigenvalue weighted by Gasteiger charge is 2.18. The maximum Gasteiger partial charge on any atom is 0.261 e. The van der Waals surface area contributed by atoms with Crippen molar-refractivity contribution < 1.29 is 14.3 Å². The molecule has 2 aromatic carbocycles. The molecule has 1 N–H and O–H groups in total. The van der Waals surface area contributed by atoms with Gasteiger partial charge in [-0.1, -0.05) is 25.1 Å². The molecule has 0 aliphatic rings. The molecule has 0 aromatic heterocycles. The summed E-state index contributed by atoms with van der Waals surface area (Å²) in [5.74, 6) is 1.54. The monoisotopic (exact) mass is 355 g/mol. The molecule has 0 aliphatic heterocycles. The maximum absolute atomic E-state index is 12.4. The lowest BCUT2D eigenvalue weighted by molar-refractivity contribution is -0.128. The average molecular weight is 355 g/mol. The quantitative estimate of drug-likeness (QED) is 0.685. The van der Waals surface area contributed by atoms with Crippen molar-refractivity contribution in [2.45, 2.75) is 46.1 Å². The molecular formula is C22H29NO3. The van der Waals surface area contributed by atoms with E-state index in [1.807, 2.05) is 50.2 Å². The van der Waals surface area contributed by atoms with Crippen molar-refractivity contribution in [1.29, 1.82) is 0 Å². The molecule has 0 saturated heterocycles. The number of carbonyl (C=O) groups excluding carboxylic acids is 1. The molecule has 0 heterocycles. The summed E-state index contributed by atoms with van der Waals surface area (Å²) in [4.78, 5) is 12.4. The van der Waals surface area contributed by atoms with Gasteiger partial charge in [0.25, 0.3) is 5.91 Å². The average Bonchev–Trinajstić information content (AvgIpc) is 2.66. The Morgan fingerprint density at radius 2 is 1.88 bits per heavy atom. The van der Waals surface area contributed by atoms with E-state index in [0.29, 0.717) is 13.0 Å². The number of nitrogens with one attached hydrogen (secondary N) is 1. The van der Waals surface area contributed by atoms with Crippen LogP contribution in [0.5, 0.6) is 11.5 Å². The summed E-state index contributed by atoms with van der Waals surface area (Å²) in [6.07, 6.45) is 1.94. The van der Waals surface area contributed by atoms with Crippen LogP contribution in [0.1, 0.15) is 36.5 Å². The molecule has 0 fully saturated rings. The molecule has 1 amide bonds. The van der Waals surface area contributed by atoms with Gasteiger partial charge in [0.1, 0.15) is 11.5 Å². The fourth-order valence-corrected chi connectivity index (χ4v) is 2.72. The van der Waals surface area contributed by atoms with Gasteiger partial charge in [-0.2, -0.15) is 0 Å². The zero-order valence-electron chi connectivity index (χ0n) is 16.2. The molecule has 0 bridgehead atoms. The van der Waals surface area contributed by atoms with E-state index >= 15 is 0 Å². The number of aryl methyl sites for hydroxylation is 3. The van der Waals surface area contributed by atoms with Crippen molar-refractivity contribution in [3.05, 3.63) is 59.2 Å². The largest absolute Gasteiger partial charge is 0.497 e. The summed E-state index contributed by atoms with van der Waals surface area (Å²) in [6, 6.07) is 13.9. The van der Waals surface area contributed by atoms with E-state index in [1.54, 1.807) is 7.11 Å². The minimum Gasteiger partial charge on any atom is -0.497 e. The summed E-state index contributed by atoms with van der Waals surface area (Å²) in [6.45, 7) is 6.69. The van der Waals surface area contributed by atoms with Crippen molar-refractivity contribution >= 4 is 5.91 Å². The lowest BCUT2D eigenvalue weighted by Crippen LogP contribution is -2.38. The number of methoxy groups -OCH3 is 1. The molecule has 1 atom stereocenters. The van der Waals surface area contributed by atoms with E-state index in [0.717, 1.165) is 29.9 Å². The van der Waals surface area contributed by atoms with Gasteiger partial charge in [-0.05, 0) is 74.1 Å². The standard InChI is InChI=1S/C22H29NO3/c1-5-21(26-20-12-11-16(2)17(3)14-20)22(24)23-13-7-9-18-8-6-10-19(15-18)25-4/h6,8,10-12,14-15,21H,5,7,9,13H2,1-4H3,(H,23,24)/t21-/m1/s1. The van der Waals surface area contributed by atoms with Gasteiger partial charge < -0.3 is 14.8 Å². The summed E-state index contributed by atoms with van der Waals surface area (Å²) >= 11 is 0. The van der Waals surface area contributed by atoms with E-state index in [-0.39, 0.29) is 5.91 Å². The number of carbonyl (C=O) groups is 1. The van der Waals surface area contributed by atoms with Crippen LogP contribution in [0, 0.1) is 13.8 Å². The smallest absolute Gasteiger partial charge is 0.261 e. The lowest BCUT2D eigenvalue weighted by atomic mass is 10.1. The van der Waals surface area contributed by atoms with Gasteiger partial charge in [0.2, 0.25) is 0 Å². The van der Waals surface area contributed by atoms with Gasteiger partial charge in [0, 0.05) is 6.54 Å². The molecule has 0 radical (unpaired) electrons. The summed E-state index contributed by atoms with van der Waals surface area (Å²) < 4.78 is 11.1. The van der Waals surface area contributed by atoms with Crippen LogP contribution in [0.15, 0.2) is 42.5 Å². The van der Waals surface area contributed by atoms with Crippen LogP contribution >= 0.6 is 0 Å². The molecule has 2 aromatic rings. The number of amides is 1. The molecule has 26 heavy (non-hydrogen) atoms. The first-order valence-electron chi connectivity index (χ1n) is 9.18. The van der Waals surface area contributed by atoms with Crippen molar-refractivity contribution in [2.75, 3.05) is 13.7 Å². The van der Waals surface area contributed by atoms with E-state index in [1.165, 1.54) is 11.1 Å². The second-order valence-electron chi connectivity index (χ2n) is 6.51. The predicted molar refractivity (Wildman–Crippen MR) is 105 cm³/mol. The van der Waals surface area contributed by atoms with Crippen molar-refractivity contribution in [3.8, 4) is 11.5 Å². The van der Waals surface area contributed by atoms with E-state index in [4.69, 9.17) is 9.47 Å². The van der Waals surface area contributed by atoms with Crippen LogP contribution in [0.25, 0.3) is 0 Å². The van der Waals surface area contributed by atoms with E-state index < -0.39 is 6.10 Å². The highest BCUT2D eigenvalue weighted by atomic mass is 16.5. The molecule has 140 valence electrons. The molecule has 4 nitrogen and oxygen atoms in total. The summed E-state index contributed by atoms with van der Waals surface area (Å²) in [5.41, 5.74) is 3.58. The van der Waals surface area contributed by atoms with Crippen LogP contribution in [0.2, 0.25) is 0 Å². The second kappa shape index (κ2) is 9.85. The Morgan fingerprint density at radius 3 is 2.58 bits per heavy atom. The SMILES string of the molecule is CC[C@@H](Oc1ccc(C)c(C)c1)C(=O)NCCCc1cccc(OC)c1. The highest BCUT2D eigenvalue weighted by Crippen LogP contribution is 2.18. The fourth-order valence-electron chi connectivity index (χ4n) is 2.72. The van der Waals surface area contributed by atoms with Gasteiger partial charge in [0.15, 0.2) is 6.10 Å². The first-order chi connectivity index (χ1) is 12.5. The molecule has 0 unspecified atom stereocenters. The topological polar surface area (TPSA) is 47.6 Å². The van der Waals surface area contributed by atoms with Crippen molar-refractivity contribution in [1.82, 2.24) is 5.32 Å². The van der Waals surface area contributed by atoms with Gasteiger partial charge in [-0.3, -0.25) is 4.79 Å². The van der Waals surface area contributed by atoms with Crippen molar-refractivity contribution in [3.63, 3.8) is 0 Å². The number of hydrogen-bond donors (Lipinski definition) is 1. The van der Waals surface area contributed by atoms with Gasteiger partial charge in [-0.15, -0.1) is 0 Å². The third kappa shape index (κ3) is 5.80. The summed E-state index contributed by atoms with van der Waals surface area (Å²) in [7, 11) is 1.67. The van der Waals surface area contributed by atoms with Gasteiger partial charge >= 0.3 is 0 Å². The number of benzene rings is 2. The number of rotatable bonds is 9. The molecular weight excluding hydrogens is 326 g/mol.